The van der Waals surface area contributed by atoms with Crippen molar-refractivity contribution in [1.82, 2.24) is 24.7 Å². The molecule has 0 aliphatic carbocycles. The van der Waals surface area contributed by atoms with Crippen LogP contribution in [0.3, 0.4) is 0 Å². The molecule has 1 aliphatic rings. The molecule has 3 aromatic heterocycles. The van der Waals surface area contributed by atoms with Gasteiger partial charge in [0.15, 0.2) is 5.82 Å². The number of rotatable bonds is 3. The minimum absolute atomic E-state index is 0.0947. The number of alkyl halides is 3. The van der Waals surface area contributed by atoms with Crippen molar-refractivity contribution < 1.29 is 13.2 Å². The Morgan fingerprint density at radius 1 is 1.07 bits per heavy atom. The van der Waals surface area contributed by atoms with Gasteiger partial charge in [0, 0.05) is 31.4 Å². The molecule has 0 aromatic carbocycles. The highest BCUT2D eigenvalue weighted by Crippen LogP contribution is 2.32. The Morgan fingerprint density at radius 2 is 1.93 bits per heavy atom. The predicted octanol–water partition coefficient (Wildman–Crippen LogP) is 3.38. The van der Waals surface area contributed by atoms with E-state index in [0.29, 0.717) is 30.5 Å². The summed E-state index contributed by atoms with van der Waals surface area (Å²) in [5.74, 6) is 2.78. The molecule has 0 unspecified atom stereocenters. The first-order valence-corrected chi connectivity index (χ1v) is 8.55. The van der Waals surface area contributed by atoms with E-state index in [4.69, 9.17) is 0 Å². The molecule has 0 spiro atoms. The van der Waals surface area contributed by atoms with Crippen molar-refractivity contribution in [2.45, 2.75) is 25.4 Å². The third-order valence-corrected chi connectivity index (χ3v) is 4.56. The number of nitrogens with zero attached hydrogens (tertiary/aromatic N) is 6. The molecule has 4 heterocycles. The third-order valence-electron chi connectivity index (χ3n) is 4.56. The Hall–Kier alpha value is -2.97. The summed E-state index contributed by atoms with van der Waals surface area (Å²) < 4.78 is 39.9. The van der Waals surface area contributed by atoms with Gasteiger partial charge in [0.25, 0.3) is 0 Å². The van der Waals surface area contributed by atoms with Gasteiger partial charge in [-0.05, 0) is 37.6 Å². The van der Waals surface area contributed by atoms with Gasteiger partial charge in [-0.15, -0.1) is 5.10 Å². The molecule has 9 heteroatoms. The highest BCUT2D eigenvalue weighted by molar-refractivity contribution is 5.42. The minimum atomic E-state index is -4.38. The van der Waals surface area contributed by atoms with Crippen LogP contribution in [-0.2, 0) is 6.18 Å². The lowest BCUT2D eigenvalue weighted by atomic mass is 10.1. The summed E-state index contributed by atoms with van der Waals surface area (Å²) in [6, 6.07) is 8.06. The molecule has 1 atom stereocenters. The van der Waals surface area contributed by atoms with Crippen LogP contribution in [0.25, 0.3) is 5.82 Å². The standard InChI is InChI=1S/C18H17F3N6/c1-12-24-17(27(25-12)16-4-2-3-8-22-16)13-7-9-26(11-13)15-6-5-14(10-23-15)18(19,20)21/h2-6,8,10,13H,7,9,11H2,1H3/t13-/m0/s1. The molecule has 0 radical (unpaired) electrons. The van der Waals surface area contributed by atoms with E-state index in [1.807, 2.05) is 30.0 Å². The molecule has 1 aliphatic heterocycles. The van der Waals surface area contributed by atoms with E-state index in [1.165, 1.54) is 6.07 Å². The fourth-order valence-corrected chi connectivity index (χ4v) is 3.26. The normalized spacial score (nSPS) is 17.5. The number of hydrogen-bond donors (Lipinski definition) is 0. The van der Waals surface area contributed by atoms with Gasteiger partial charge in [0.05, 0.1) is 5.56 Å². The highest BCUT2D eigenvalue weighted by atomic mass is 19.4. The van der Waals surface area contributed by atoms with Crippen molar-refractivity contribution in [3.05, 3.63) is 59.9 Å². The molecule has 0 saturated carbocycles. The second-order valence-electron chi connectivity index (χ2n) is 6.45. The average molecular weight is 374 g/mol. The van der Waals surface area contributed by atoms with Gasteiger partial charge in [-0.1, -0.05) is 6.07 Å². The number of aromatic nitrogens is 5. The lowest BCUT2D eigenvalue weighted by Gasteiger charge is -2.18. The first-order valence-electron chi connectivity index (χ1n) is 8.55. The van der Waals surface area contributed by atoms with Crippen molar-refractivity contribution >= 4 is 5.82 Å². The fraction of sp³-hybridized carbons (Fsp3) is 0.333. The van der Waals surface area contributed by atoms with Gasteiger partial charge in [-0.25, -0.2) is 15.0 Å². The maximum atomic E-state index is 12.7. The Balaban J connectivity index is 1.55. The predicted molar refractivity (Wildman–Crippen MR) is 92.7 cm³/mol. The molecule has 3 aromatic rings. The highest BCUT2D eigenvalue weighted by Gasteiger charge is 2.32. The van der Waals surface area contributed by atoms with Crippen LogP contribution in [0.5, 0.6) is 0 Å². The zero-order valence-corrected chi connectivity index (χ0v) is 14.6. The summed E-state index contributed by atoms with van der Waals surface area (Å²) in [5, 5.41) is 4.45. The van der Waals surface area contributed by atoms with E-state index in [1.54, 1.807) is 10.9 Å². The molecule has 6 nitrogen and oxygen atoms in total. The molecule has 1 fully saturated rings. The van der Waals surface area contributed by atoms with E-state index >= 15 is 0 Å². The molecule has 1 saturated heterocycles. The second-order valence-corrected chi connectivity index (χ2v) is 6.45. The fourth-order valence-electron chi connectivity index (χ4n) is 3.26. The summed E-state index contributed by atoms with van der Waals surface area (Å²) in [6.45, 7) is 3.13. The van der Waals surface area contributed by atoms with E-state index in [-0.39, 0.29) is 5.92 Å². The van der Waals surface area contributed by atoms with Crippen LogP contribution >= 0.6 is 0 Å². The zero-order valence-electron chi connectivity index (χ0n) is 14.6. The Morgan fingerprint density at radius 3 is 2.59 bits per heavy atom. The molecule has 0 N–H and O–H groups in total. The van der Waals surface area contributed by atoms with Crippen LogP contribution in [0, 0.1) is 6.92 Å². The van der Waals surface area contributed by atoms with Crippen molar-refractivity contribution in [2.75, 3.05) is 18.0 Å². The van der Waals surface area contributed by atoms with Crippen molar-refractivity contribution in [3.63, 3.8) is 0 Å². The zero-order chi connectivity index (χ0) is 19.0. The topological polar surface area (TPSA) is 59.7 Å². The van der Waals surface area contributed by atoms with Crippen molar-refractivity contribution in [3.8, 4) is 5.82 Å². The van der Waals surface area contributed by atoms with Gasteiger partial charge < -0.3 is 4.90 Å². The van der Waals surface area contributed by atoms with Crippen LogP contribution in [0.4, 0.5) is 19.0 Å². The number of pyridine rings is 2. The number of halogens is 3. The van der Waals surface area contributed by atoms with Crippen LogP contribution < -0.4 is 4.90 Å². The first kappa shape index (κ1) is 17.4. The lowest BCUT2D eigenvalue weighted by Crippen LogP contribution is -2.21. The van der Waals surface area contributed by atoms with Gasteiger partial charge >= 0.3 is 6.18 Å². The summed E-state index contributed by atoms with van der Waals surface area (Å²) in [6.07, 6.45) is -0.990. The Bertz CT molecular complexity index is 921. The first-order chi connectivity index (χ1) is 12.9. The molecule has 140 valence electrons. The smallest absolute Gasteiger partial charge is 0.356 e. The summed E-state index contributed by atoms with van der Waals surface area (Å²) in [4.78, 5) is 14.9. The third kappa shape index (κ3) is 3.49. The molecule has 4 rings (SSSR count). The van der Waals surface area contributed by atoms with Crippen LogP contribution in [0.1, 0.15) is 29.6 Å². The van der Waals surface area contributed by atoms with E-state index in [9.17, 15) is 13.2 Å². The lowest BCUT2D eigenvalue weighted by molar-refractivity contribution is -0.137. The van der Waals surface area contributed by atoms with Crippen molar-refractivity contribution in [1.29, 1.82) is 0 Å². The average Bonchev–Trinajstić information content (AvgIpc) is 3.28. The maximum Gasteiger partial charge on any atom is 0.417 e. The van der Waals surface area contributed by atoms with Crippen LogP contribution in [-0.4, -0.2) is 37.8 Å². The molecule has 0 amide bonds. The van der Waals surface area contributed by atoms with Gasteiger partial charge in [0.2, 0.25) is 0 Å². The minimum Gasteiger partial charge on any atom is -0.356 e. The van der Waals surface area contributed by atoms with E-state index in [0.717, 1.165) is 24.5 Å². The molecule has 0 bridgehead atoms. The van der Waals surface area contributed by atoms with Gasteiger partial charge in [-0.3, -0.25) is 0 Å². The van der Waals surface area contributed by atoms with E-state index in [2.05, 4.69) is 20.1 Å². The van der Waals surface area contributed by atoms with Crippen LogP contribution in [0.15, 0.2) is 42.7 Å². The van der Waals surface area contributed by atoms with Gasteiger partial charge in [-0.2, -0.15) is 17.9 Å². The summed E-state index contributed by atoms with van der Waals surface area (Å²) in [5.41, 5.74) is -0.743. The maximum absolute atomic E-state index is 12.7. The van der Waals surface area contributed by atoms with Crippen molar-refractivity contribution in [2.24, 2.45) is 0 Å². The van der Waals surface area contributed by atoms with E-state index < -0.39 is 11.7 Å². The van der Waals surface area contributed by atoms with Gasteiger partial charge in [0.1, 0.15) is 17.5 Å². The summed E-state index contributed by atoms with van der Waals surface area (Å²) in [7, 11) is 0. The Kier molecular flexibility index (Phi) is 4.29. The molecule has 27 heavy (non-hydrogen) atoms. The second kappa shape index (κ2) is 6.64. The molecular weight excluding hydrogens is 357 g/mol. The number of hydrogen-bond acceptors (Lipinski definition) is 5. The monoisotopic (exact) mass is 374 g/mol. The molecular formula is C18H17F3N6. The number of aryl methyl sites for hydroxylation is 1. The largest absolute Gasteiger partial charge is 0.417 e. The number of anilines is 1. The Labute approximate surface area is 153 Å². The quantitative estimate of drug-likeness (QED) is 0.703. The summed E-state index contributed by atoms with van der Waals surface area (Å²) >= 11 is 0. The van der Waals surface area contributed by atoms with Crippen LogP contribution in [0.2, 0.25) is 0 Å². The SMILES string of the molecule is Cc1nc([C@H]2CCN(c3ccc(C(F)(F)F)cn3)C2)n(-c2ccccn2)n1.